The van der Waals surface area contributed by atoms with Gasteiger partial charge in [-0.05, 0) is 60.8 Å². The molecule has 5 N–H and O–H groups in total. The van der Waals surface area contributed by atoms with Gasteiger partial charge in [0, 0.05) is 11.8 Å². The summed E-state index contributed by atoms with van der Waals surface area (Å²) in [6.07, 6.45) is 0. The van der Waals surface area contributed by atoms with Gasteiger partial charge in [0.05, 0.1) is 27.3 Å². The predicted octanol–water partition coefficient (Wildman–Crippen LogP) is 4.82. The van der Waals surface area contributed by atoms with Crippen molar-refractivity contribution in [3.63, 3.8) is 0 Å². The summed E-state index contributed by atoms with van der Waals surface area (Å²) in [6.45, 7) is 3.74. The normalized spacial score (nSPS) is 11.6. The number of rotatable bonds is 10. The molecule has 0 radical (unpaired) electrons. The van der Waals surface area contributed by atoms with Gasteiger partial charge < -0.3 is 16.0 Å². The Morgan fingerprint density at radius 2 is 1.29 bits per heavy atom. The molecule has 0 atom stereocenters. The number of nitro benzene ring substituents is 2. The quantitative estimate of drug-likeness (QED) is 0.0850. The molecule has 1 aromatic heterocycles. The van der Waals surface area contributed by atoms with Gasteiger partial charge in [-0.25, -0.2) is 0 Å². The fraction of sp³-hybridized carbons (Fsp3) is 0.0870. The summed E-state index contributed by atoms with van der Waals surface area (Å²) in [5.41, 5.74) is -2.23. The molecule has 1 heterocycles. The van der Waals surface area contributed by atoms with Crippen LogP contribution in [-0.4, -0.2) is 50.7 Å². The molecule has 4 rings (SSSR count). The maximum atomic E-state index is 14.4. The first-order valence-corrected chi connectivity index (χ1v) is 15.1. The number of hydrogen-bond donors (Lipinski definition) is 5. The summed E-state index contributed by atoms with van der Waals surface area (Å²) in [5.74, 6) is -2.15. The molecule has 0 bridgehead atoms. The molecule has 0 saturated carbocycles. The minimum Gasteiger partial charge on any atom is -0.349 e. The van der Waals surface area contributed by atoms with Crippen molar-refractivity contribution in [2.45, 2.75) is 23.6 Å². The van der Waals surface area contributed by atoms with Crippen LogP contribution in [0.1, 0.15) is 11.1 Å². The first-order chi connectivity index (χ1) is 20.8. The van der Waals surface area contributed by atoms with E-state index in [1.807, 2.05) is 19.9 Å². The van der Waals surface area contributed by atoms with E-state index in [4.69, 9.17) is 11.6 Å². The predicted molar refractivity (Wildman–Crippen MR) is 156 cm³/mol. The summed E-state index contributed by atoms with van der Waals surface area (Å²) in [5, 5.41) is 29.7. The van der Waals surface area contributed by atoms with Crippen LogP contribution >= 0.6 is 11.6 Å². The van der Waals surface area contributed by atoms with Crippen LogP contribution in [0, 0.1) is 39.9 Å². The number of nitro groups is 2. The van der Waals surface area contributed by atoms with E-state index in [1.165, 1.54) is 0 Å². The van der Waals surface area contributed by atoms with Gasteiger partial charge in [-0.2, -0.15) is 36.2 Å². The van der Waals surface area contributed by atoms with Gasteiger partial charge >= 0.3 is 5.69 Å². The molecule has 22 heteroatoms. The van der Waals surface area contributed by atoms with E-state index in [1.54, 1.807) is 12.1 Å². The van der Waals surface area contributed by atoms with Gasteiger partial charge in [0.25, 0.3) is 25.9 Å². The lowest BCUT2D eigenvalue weighted by Gasteiger charge is -2.16. The summed E-state index contributed by atoms with van der Waals surface area (Å²) < 4.78 is 82.9. The Kier molecular flexibility index (Phi) is 8.84. The van der Waals surface area contributed by atoms with Crippen LogP contribution < -0.4 is 16.0 Å². The molecule has 0 unspecified atom stereocenters. The van der Waals surface area contributed by atoms with Crippen molar-refractivity contribution in [1.82, 2.24) is 15.0 Å². The van der Waals surface area contributed by atoms with Crippen molar-refractivity contribution in [1.29, 1.82) is 0 Å². The molecule has 0 aliphatic carbocycles. The molecule has 0 aliphatic heterocycles. The van der Waals surface area contributed by atoms with Gasteiger partial charge in [0.1, 0.15) is 15.5 Å². The Hall–Kier alpha value is -5.09. The highest BCUT2D eigenvalue weighted by Gasteiger charge is 2.29. The highest BCUT2D eigenvalue weighted by molar-refractivity contribution is 7.86. The van der Waals surface area contributed by atoms with Gasteiger partial charge in [-0.3, -0.25) is 29.3 Å². The molecule has 18 nitrogen and oxygen atoms in total. The second-order valence-corrected chi connectivity index (χ2v) is 12.2. The van der Waals surface area contributed by atoms with Crippen molar-refractivity contribution in [3.05, 3.63) is 84.9 Å². The van der Waals surface area contributed by atoms with Crippen molar-refractivity contribution < 1.29 is 40.2 Å². The van der Waals surface area contributed by atoms with Crippen LogP contribution in [0.4, 0.5) is 50.4 Å². The van der Waals surface area contributed by atoms with E-state index >= 15 is 0 Å². The molecule has 0 amide bonds. The Morgan fingerprint density at radius 1 is 0.733 bits per heavy atom. The van der Waals surface area contributed by atoms with Crippen LogP contribution in [-0.2, 0) is 20.2 Å². The zero-order valence-corrected chi connectivity index (χ0v) is 24.9. The lowest BCUT2D eigenvalue weighted by Crippen LogP contribution is -2.11. The van der Waals surface area contributed by atoms with Crippen molar-refractivity contribution in [2.75, 3.05) is 16.0 Å². The number of nitrogens with one attached hydrogen (secondary N) is 3. The van der Waals surface area contributed by atoms with E-state index in [0.29, 0.717) is 17.8 Å². The van der Waals surface area contributed by atoms with Crippen molar-refractivity contribution >= 4 is 77.9 Å². The Labute approximate surface area is 257 Å². The van der Waals surface area contributed by atoms with E-state index in [9.17, 15) is 50.6 Å². The number of aryl methyl sites for hydroxylation is 2. The number of halogens is 2. The summed E-state index contributed by atoms with van der Waals surface area (Å²) in [6, 6.07) is 6.77. The standard InChI is InChI=1S/C23H18ClFN8O10S2/c1-10-3-4-12(5-11(10)2)26-22-29-21(24)30-23(31-22)28-16-7-15(19(44(38,39)40)9-20(16)45(41,42)43)27-14-6-13(25)17(32(34)35)8-18(14)33(36)37/h3-9,27H,1-2H3,(H,38,39,40)(H,41,42,43)(H2,26,28,29,30,31). The molecule has 0 saturated heterocycles. The topological polar surface area (TPSA) is 270 Å². The highest BCUT2D eigenvalue weighted by atomic mass is 35.5. The Balaban J connectivity index is 1.86. The maximum absolute atomic E-state index is 14.4. The summed E-state index contributed by atoms with van der Waals surface area (Å²) in [4.78, 5) is 29.7. The van der Waals surface area contributed by atoms with Crippen molar-refractivity contribution in [3.8, 4) is 0 Å². The average Bonchev–Trinajstić information content (AvgIpc) is 2.89. The summed E-state index contributed by atoms with van der Waals surface area (Å²) >= 11 is 6.01. The first-order valence-electron chi connectivity index (χ1n) is 11.9. The fourth-order valence-corrected chi connectivity index (χ4v) is 5.34. The van der Waals surface area contributed by atoms with E-state index in [0.717, 1.165) is 11.1 Å². The summed E-state index contributed by atoms with van der Waals surface area (Å²) in [7, 11) is -10.6. The fourth-order valence-electron chi connectivity index (χ4n) is 3.80. The molecule has 4 aromatic rings. The molecule has 45 heavy (non-hydrogen) atoms. The van der Waals surface area contributed by atoms with Crippen LogP contribution in [0.2, 0.25) is 5.28 Å². The SMILES string of the molecule is Cc1ccc(Nc2nc(Cl)nc(Nc3cc(Nc4cc(F)c([N+](=O)[O-])cc4[N+](=O)[O-])c(S(=O)(=O)O)cc3S(=O)(=O)O)n2)cc1C. The zero-order chi connectivity index (χ0) is 33.4. The average molecular weight is 685 g/mol. The highest BCUT2D eigenvalue weighted by Crippen LogP contribution is 2.39. The van der Waals surface area contributed by atoms with Gasteiger partial charge in [0.15, 0.2) is 0 Å². The number of anilines is 6. The van der Waals surface area contributed by atoms with E-state index < -0.39 is 85.4 Å². The second-order valence-electron chi connectivity index (χ2n) is 9.06. The van der Waals surface area contributed by atoms with E-state index in [-0.39, 0.29) is 18.1 Å². The third kappa shape index (κ3) is 7.53. The molecular weight excluding hydrogens is 667 g/mol. The third-order valence-corrected chi connectivity index (χ3v) is 7.94. The number of benzene rings is 3. The van der Waals surface area contributed by atoms with Crippen LogP contribution in [0.5, 0.6) is 0 Å². The first kappa shape index (κ1) is 32.8. The van der Waals surface area contributed by atoms with Gasteiger partial charge in [0.2, 0.25) is 23.0 Å². The monoisotopic (exact) mass is 684 g/mol. The molecular formula is C23H18ClFN8O10S2. The van der Waals surface area contributed by atoms with Crippen LogP contribution in [0.15, 0.2) is 52.3 Å². The third-order valence-electron chi connectivity index (χ3n) is 5.98. The Morgan fingerprint density at radius 3 is 1.82 bits per heavy atom. The van der Waals surface area contributed by atoms with Crippen LogP contribution in [0.25, 0.3) is 0 Å². The van der Waals surface area contributed by atoms with E-state index in [2.05, 4.69) is 30.9 Å². The minimum atomic E-state index is -5.36. The number of hydrogen-bond acceptors (Lipinski definition) is 14. The smallest absolute Gasteiger partial charge is 0.311 e. The zero-order valence-electron chi connectivity index (χ0n) is 22.5. The molecule has 236 valence electrons. The van der Waals surface area contributed by atoms with Crippen LogP contribution in [0.3, 0.4) is 0 Å². The van der Waals surface area contributed by atoms with Crippen molar-refractivity contribution in [2.24, 2.45) is 0 Å². The molecule has 3 aromatic carbocycles. The Bertz CT molecular complexity index is 2120. The number of nitrogens with zero attached hydrogens (tertiary/aromatic N) is 5. The lowest BCUT2D eigenvalue weighted by molar-refractivity contribution is -0.395. The second kappa shape index (κ2) is 12.1. The lowest BCUT2D eigenvalue weighted by atomic mass is 10.1. The molecule has 0 spiro atoms. The van der Waals surface area contributed by atoms with Gasteiger partial charge in [-0.1, -0.05) is 6.07 Å². The maximum Gasteiger partial charge on any atom is 0.311 e. The molecule has 0 aliphatic rings. The van der Waals surface area contributed by atoms with Gasteiger partial charge in [-0.15, -0.1) is 0 Å². The number of aromatic nitrogens is 3. The minimum absolute atomic E-state index is 0.140. The molecule has 0 fully saturated rings. The largest absolute Gasteiger partial charge is 0.349 e.